The SMILES string of the molecule is NS(=O)(=O)c1cc(C(=O)OC2CCCC2)c(F)cc1Br. The van der Waals surface area contributed by atoms with E-state index in [1.807, 2.05) is 0 Å². The molecular weight excluding hydrogens is 353 g/mol. The van der Waals surface area contributed by atoms with Gasteiger partial charge in [-0.25, -0.2) is 22.7 Å². The minimum atomic E-state index is -4.05. The van der Waals surface area contributed by atoms with Crippen molar-refractivity contribution in [3.8, 4) is 0 Å². The first-order chi connectivity index (χ1) is 9.29. The second-order valence-corrected chi connectivity index (χ2v) is 7.00. The molecule has 0 aliphatic heterocycles. The molecular formula is C12H13BrFNO4S. The molecule has 0 heterocycles. The van der Waals surface area contributed by atoms with Gasteiger partial charge >= 0.3 is 5.97 Å². The summed E-state index contributed by atoms with van der Waals surface area (Å²) in [6, 6.07) is 1.79. The van der Waals surface area contributed by atoms with Gasteiger partial charge in [-0.3, -0.25) is 0 Å². The van der Waals surface area contributed by atoms with Crippen molar-refractivity contribution < 1.29 is 22.3 Å². The van der Waals surface area contributed by atoms with Crippen LogP contribution in [0.2, 0.25) is 0 Å². The van der Waals surface area contributed by atoms with E-state index in [1.165, 1.54) is 0 Å². The molecule has 0 radical (unpaired) electrons. The van der Waals surface area contributed by atoms with Gasteiger partial charge in [-0.15, -0.1) is 0 Å². The highest BCUT2D eigenvalue weighted by Gasteiger charge is 2.25. The van der Waals surface area contributed by atoms with Crippen LogP contribution < -0.4 is 5.14 Å². The zero-order chi connectivity index (χ0) is 14.9. The van der Waals surface area contributed by atoms with E-state index in [0.717, 1.165) is 37.8 Å². The van der Waals surface area contributed by atoms with Crippen LogP contribution in [-0.2, 0) is 14.8 Å². The third kappa shape index (κ3) is 3.36. The van der Waals surface area contributed by atoms with Gasteiger partial charge in [0.2, 0.25) is 10.0 Å². The molecule has 1 fully saturated rings. The molecule has 1 aliphatic rings. The van der Waals surface area contributed by atoms with Gasteiger partial charge in [-0.1, -0.05) is 0 Å². The number of hydrogen-bond donors (Lipinski definition) is 1. The number of carbonyl (C=O) groups is 1. The molecule has 2 N–H and O–H groups in total. The molecule has 5 nitrogen and oxygen atoms in total. The second kappa shape index (κ2) is 5.79. The quantitative estimate of drug-likeness (QED) is 0.832. The molecule has 0 atom stereocenters. The predicted octanol–water partition coefficient (Wildman–Crippen LogP) is 2.34. The number of primary sulfonamides is 1. The molecule has 0 unspecified atom stereocenters. The molecule has 0 aromatic heterocycles. The molecule has 0 bridgehead atoms. The van der Waals surface area contributed by atoms with Crippen molar-refractivity contribution in [3.63, 3.8) is 0 Å². The highest BCUT2D eigenvalue weighted by atomic mass is 79.9. The first-order valence-corrected chi connectivity index (χ1v) is 8.36. The van der Waals surface area contributed by atoms with Crippen molar-refractivity contribution in [2.24, 2.45) is 5.14 Å². The van der Waals surface area contributed by atoms with Gasteiger partial charge in [-0.2, -0.15) is 0 Å². The lowest BCUT2D eigenvalue weighted by Gasteiger charge is -2.12. The standard InChI is InChI=1S/C12H13BrFNO4S/c13-9-6-10(14)8(5-11(9)20(15,17)18)12(16)19-7-3-1-2-4-7/h5-7H,1-4H2,(H2,15,17,18). The largest absolute Gasteiger partial charge is 0.459 e. The fraction of sp³-hybridized carbons (Fsp3) is 0.417. The van der Waals surface area contributed by atoms with Gasteiger partial charge in [-0.05, 0) is 53.7 Å². The number of carbonyl (C=O) groups excluding carboxylic acids is 1. The normalized spacial score (nSPS) is 16.4. The molecule has 20 heavy (non-hydrogen) atoms. The van der Waals surface area contributed by atoms with Crippen LogP contribution in [-0.4, -0.2) is 20.5 Å². The van der Waals surface area contributed by atoms with Gasteiger partial charge in [0.25, 0.3) is 0 Å². The Balaban J connectivity index is 2.33. The van der Waals surface area contributed by atoms with E-state index in [4.69, 9.17) is 9.88 Å². The first-order valence-electron chi connectivity index (χ1n) is 6.02. The van der Waals surface area contributed by atoms with Crippen LogP contribution in [0.5, 0.6) is 0 Å². The summed E-state index contributed by atoms with van der Waals surface area (Å²) in [6.07, 6.45) is 3.17. The lowest BCUT2D eigenvalue weighted by Crippen LogP contribution is -2.18. The maximum atomic E-state index is 13.8. The summed E-state index contributed by atoms with van der Waals surface area (Å²) < 4.78 is 41.6. The summed E-state index contributed by atoms with van der Waals surface area (Å²) in [4.78, 5) is 11.5. The zero-order valence-corrected chi connectivity index (χ0v) is 12.8. The van der Waals surface area contributed by atoms with Gasteiger partial charge in [0.1, 0.15) is 11.9 Å². The van der Waals surface area contributed by atoms with Crippen molar-refractivity contribution in [2.45, 2.75) is 36.7 Å². The molecule has 0 saturated heterocycles. The first kappa shape index (κ1) is 15.4. The topological polar surface area (TPSA) is 86.5 Å². The summed E-state index contributed by atoms with van der Waals surface area (Å²) in [7, 11) is -4.05. The van der Waals surface area contributed by atoms with Crippen LogP contribution in [0.25, 0.3) is 0 Å². The van der Waals surface area contributed by atoms with Crippen LogP contribution in [0.3, 0.4) is 0 Å². The monoisotopic (exact) mass is 365 g/mol. The fourth-order valence-corrected chi connectivity index (χ4v) is 3.73. The highest BCUT2D eigenvalue weighted by molar-refractivity contribution is 9.10. The summed E-state index contributed by atoms with van der Waals surface area (Å²) in [5.74, 6) is -1.72. The van der Waals surface area contributed by atoms with E-state index < -0.39 is 27.4 Å². The van der Waals surface area contributed by atoms with Crippen LogP contribution in [0.15, 0.2) is 21.5 Å². The molecule has 8 heteroatoms. The van der Waals surface area contributed by atoms with Crippen LogP contribution in [0, 0.1) is 5.82 Å². The number of esters is 1. The van der Waals surface area contributed by atoms with Crippen molar-refractivity contribution in [2.75, 3.05) is 0 Å². The van der Waals surface area contributed by atoms with Crippen molar-refractivity contribution in [1.82, 2.24) is 0 Å². The predicted molar refractivity (Wildman–Crippen MR) is 73.1 cm³/mol. The summed E-state index contributed by atoms with van der Waals surface area (Å²) in [5, 5.41) is 5.01. The smallest absolute Gasteiger partial charge is 0.341 e. The van der Waals surface area contributed by atoms with Crippen LogP contribution >= 0.6 is 15.9 Å². The number of hydrogen-bond acceptors (Lipinski definition) is 4. The third-order valence-electron chi connectivity index (χ3n) is 3.12. The number of halogens is 2. The fourth-order valence-electron chi connectivity index (χ4n) is 2.12. The lowest BCUT2D eigenvalue weighted by molar-refractivity contribution is 0.0312. The third-order valence-corrected chi connectivity index (χ3v) is 4.99. The van der Waals surface area contributed by atoms with E-state index in [9.17, 15) is 17.6 Å². The zero-order valence-electron chi connectivity index (χ0n) is 10.4. The summed E-state index contributed by atoms with van der Waals surface area (Å²) >= 11 is 2.90. The van der Waals surface area contributed by atoms with E-state index in [2.05, 4.69) is 15.9 Å². The van der Waals surface area contributed by atoms with Crippen molar-refractivity contribution in [1.29, 1.82) is 0 Å². The Hall–Kier alpha value is -0.990. The summed E-state index contributed by atoms with van der Waals surface area (Å²) in [5.41, 5.74) is -0.427. The average Bonchev–Trinajstić information content (AvgIpc) is 2.79. The van der Waals surface area contributed by atoms with Crippen LogP contribution in [0.4, 0.5) is 4.39 Å². The Morgan fingerprint density at radius 3 is 2.50 bits per heavy atom. The minimum Gasteiger partial charge on any atom is -0.459 e. The molecule has 110 valence electrons. The Morgan fingerprint density at radius 2 is 1.95 bits per heavy atom. The van der Waals surface area contributed by atoms with E-state index in [1.54, 1.807) is 0 Å². The van der Waals surface area contributed by atoms with E-state index in [-0.39, 0.29) is 15.5 Å². The van der Waals surface area contributed by atoms with E-state index in [0.29, 0.717) is 0 Å². The Bertz CT molecular complexity index is 641. The van der Waals surface area contributed by atoms with Gasteiger partial charge in [0.05, 0.1) is 10.5 Å². The maximum absolute atomic E-state index is 13.8. The average molecular weight is 366 g/mol. The van der Waals surface area contributed by atoms with Crippen molar-refractivity contribution in [3.05, 3.63) is 28.0 Å². The summed E-state index contributed by atoms with van der Waals surface area (Å²) in [6.45, 7) is 0. The Kier molecular flexibility index (Phi) is 4.46. The number of ether oxygens (including phenoxy) is 1. The molecule has 2 rings (SSSR count). The van der Waals surface area contributed by atoms with Gasteiger partial charge in [0.15, 0.2) is 0 Å². The molecule has 0 amide bonds. The van der Waals surface area contributed by atoms with Gasteiger partial charge in [0, 0.05) is 4.47 Å². The highest BCUT2D eigenvalue weighted by Crippen LogP contribution is 2.27. The molecule has 1 aliphatic carbocycles. The second-order valence-electron chi connectivity index (χ2n) is 4.62. The van der Waals surface area contributed by atoms with Crippen LogP contribution in [0.1, 0.15) is 36.0 Å². The number of nitrogens with two attached hydrogens (primary N) is 1. The van der Waals surface area contributed by atoms with Crippen molar-refractivity contribution >= 4 is 31.9 Å². The molecule has 1 saturated carbocycles. The number of benzene rings is 1. The number of rotatable bonds is 3. The number of sulfonamides is 1. The minimum absolute atomic E-state index is 0.0325. The molecule has 1 aromatic carbocycles. The Morgan fingerprint density at radius 1 is 1.35 bits per heavy atom. The van der Waals surface area contributed by atoms with E-state index >= 15 is 0 Å². The Labute approximate surface area is 124 Å². The molecule has 1 aromatic rings. The van der Waals surface area contributed by atoms with Gasteiger partial charge < -0.3 is 4.74 Å². The molecule has 0 spiro atoms. The maximum Gasteiger partial charge on any atom is 0.341 e. The lowest BCUT2D eigenvalue weighted by atomic mass is 10.2.